The summed E-state index contributed by atoms with van der Waals surface area (Å²) >= 11 is 0. The number of hydrogen-bond acceptors (Lipinski definition) is 6. The second-order valence-electron chi connectivity index (χ2n) is 9.62. The molecule has 0 saturated carbocycles. The summed E-state index contributed by atoms with van der Waals surface area (Å²) in [5, 5.41) is 13.7. The van der Waals surface area contributed by atoms with E-state index < -0.39 is 6.03 Å². The summed E-state index contributed by atoms with van der Waals surface area (Å²) in [7, 11) is 0. The number of anilines is 4. The van der Waals surface area contributed by atoms with Crippen LogP contribution in [0.1, 0.15) is 26.5 Å². The summed E-state index contributed by atoms with van der Waals surface area (Å²) in [4.78, 5) is 36.3. The van der Waals surface area contributed by atoms with Crippen LogP contribution in [0.2, 0.25) is 0 Å². The summed E-state index contributed by atoms with van der Waals surface area (Å²) in [6.45, 7) is 6.05. The van der Waals surface area contributed by atoms with Gasteiger partial charge in [0.15, 0.2) is 5.43 Å². The average molecular weight is 513 g/mol. The Morgan fingerprint density at radius 2 is 1.66 bits per heavy atom. The molecule has 192 valence electrons. The standard InChI is InChI=1S/C27H25FN8O2/c1-27(2,3)21-14-22(36(35-21)19-10-4-16(28)5-11-19)34-26(38)33-18-8-6-17(7-9-18)32-25-23-20(37)12-13-29-24(23)30-15-31-25/h4-15H,1-3H3,(H2,33,34,38)(H2,29,30,31,32,37). The van der Waals surface area contributed by atoms with Crippen LogP contribution >= 0.6 is 0 Å². The van der Waals surface area contributed by atoms with Crippen LogP contribution in [0, 0.1) is 5.82 Å². The fourth-order valence-corrected chi connectivity index (χ4v) is 3.77. The molecule has 0 aliphatic rings. The number of nitrogens with zero attached hydrogens (tertiary/aromatic N) is 4. The Morgan fingerprint density at radius 3 is 2.37 bits per heavy atom. The molecular formula is C27H25FN8O2. The number of carbonyl (C=O) groups is 1. The van der Waals surface area contributed by atoms with E-state index in [2.05, 4.69) is 36.0 Å². The van der Waals surface area contributed by atoms with Crippen molar-refractivity contribution in [1.29, 1.82) is 0 Å². The number of amides is 2. The van der Waals surface area contributed by atoms with Crippen molar-refractivity contribution >= 4 is 40.1 Å². The zero-order chi connectivity index (χ0) is 26.9. The maximum Gasteiger partial charge on any atom is 0.324 e. The highest BCUT2D eigenvalue weighted by molar-refractivity contribution is 5.99. The number of aromatic nitrogens is 5. The van der Waals surface area contributed by atoms with Crippen LogP contribution in [0.4, 0.5) is 32.2 Å². The number of benzene rings is 2. The molecule has 0 aliphatic heterocycles. The number of halogens is 1. The molecule has 0 radical (unpaired) electrons. The van der Waals surface area contributed by atoms with Crippen molar-refractivity contribution in [2.45, 2.75) is 26.2 Å². The van der Waals surface area contributed by atoms with Crippen LogP contribution in [0.5, 0.6) is 0 Å². The van der Waals surface area contributed by atoms with Crippen molar-refractivity contribution in [3.8, 4) is 5.69 Å². The van der Waals surface area contributed by atoms with Gasteiger partial charge in [0, 0.05) is 35.1 Å². The lowest BCUT2D eigenvalue weighted by Gasteiger charge is -2.14. The molecule has 3 aromatic heterocycles. The van der Waals surface area contributed by atoms with Crippen LogP contribution in [0.15, 0.2) is 78.0 Å². The number of rotatable bonds is 5. The number of nitrogens with one attached hydrogen (secondary N) is 4. The monoisotopic (exact) mass is 512 g/mol. The second-order valence-corrected chi connectivity index (χ2v) is 9.62. The topological polar surface area (TPSA) is 130 Å². The molecule has 10 nitrogen and oxygen atoms in total. The minimum Gasteiger partial charge on any atom is -0.346 e. The maximum absolute atomic E-state index is 13.5. The third-order valence-corrected chi connectivity index (χ3v) is 5.74. The van der Waals surface area contributed by atoms with Gasteiger partial charge in [0.05, 0.1) is 11.4 Å². The van der Waals surface area contributed by atoms with E-state index in [1.54, 1.807) is 47.1 Å². The van der Waals surface area contributed by atoms with Crippen molar-refractivity contribution in [2.24, 2.45) is 0 Å². The Labute approximate surface area is 217 Å². The number of urea groups is 1. The van der Waals surface area contributed by atoms with Gasteiger partial charge in [-0.05, 0) is 48.5 Å². The van der Waals surface area contributed by atoms with E-state index in [0.717, 1.165) is 5.69 Å². The molecule has 2 amide bonds. The van der Waals surface area contributed by atoms with Gasteiger partial charge in [0.2, 0.25) is 0 Å². The number of H-pyrrole nitrogens is 1. The van der Waals surface area contributed by atoms with E-state index in [9.17, 15) is 14.0 Å². The summed E-state index contributed by atoms with van der Waals surface area (Å²) in [6.07, 6.45) is 2.89. The molecule has 38 heavy (non-hydrogen) atoms. The van der Waals surface area contributed by atoms with Crippen LogP contribution < -0.4 is 21.4 Å². The second kappa shape index (κ2) is 9.77. The zero-order valence-electron chi connectivity index (χ0n) is 20.9. The molecule has 0 atom stereocenters. The molecule has 0 saturated heterocycles. The van der Waals surface area contributed by atoms with Crippen LogP contribution in [-0.2, 0) is 5.41 Å². The van der Waals surface area contributed by atoms with Gasteiger partial charge in [-0.3, -0.25) is 10.1 Å². The van der Waals surface area contributed by atoms with E-state index in [0.29, 0.717) is 39.7 Å². The molecule has 2 aromatic carbocycles. The highest BCUT2D eigenvalue weighted by Gasteiger charge is 2.21. The maximum atomic E-state index is 13.5. The molecule has 11 heteroatoms. The Morgan fingerprint density at radius 1 is 0.947 bits per heavy atom. The number of pyridine rings is 1. The number of carbonyl (C=O) groups excluding carboxylic acids is 1. The third-order valence-electron chi connectivity index (χ3n) is 5.74. The van der Waals surface area contributed by atoms with Gasteiger partial charge in [-0.15, -0.1) is 0 Å². The molecule has 0 fully saturated rings. The first-order valence-electron chi connectivity index (χ1n) is 11.8. The fraction of sp³-hybridized carbons (Fsp3) is 0.148. The molecule has 0 spiro atoms. The smallest absolute Gasteiger partial charge is 0.324 e. The van der Waals surface area contributed by atoms with Gasteiger partial charge >= 0.3 is 6.03 Å². The van der Waals surface area contributed by atoms with E-state index in [4.69, 9.17) is 0 Å². The first-order valence-corrected chi connectivity index (χ1v) is 11.8. The van der Waals surface area contributed by atoms with Crippen molar-refractivity contribution in [1.82, 2.24) is 24.7 Å². The number of aromatic amines is 1. The van der Waals surface area contributed by atoms with Crippen molar-refractivity contribution in [3.05, 3.63) is 94.9 Å². The van der Waals surface area contributed by atoms with E-state index in [1.807, 2.05) is 20.8 Å². The minimum absolute atomic E-state index is 0.202. The molecular weight excluding hydrogens is 487 g/mol. The third kappa shape index (κ3) is 5.21. The Balaban J connectivity index is 1.32. The van der Waals surface area contributed by atoms with Gasteiger partial charge in [-0.1, -0.05) is 20.8 Å². The lowest BCUT2D eigenvalue weighted by molar-refractivity contribution is 0.262. The van der Waals surface area contributed by atoms with Gasteiger partial charge < -0.3 is 15.6 Å². The number of fused-ring (bicyclic) bond motifs is 1. The van der Waals surface area contributed by atoms with Crippen LogP contribution in [0.25, 0.3) is 16.7 Å². The van der Waals surface area contributed by atoms with E-state index in [-0.39, 0.29) is 16.7 Å². The molecule has 0 unspecified atom stereocenters. The minimum atomic E-state index is -0.470. The quantitative estimate of drug-likeness (QED) is 0.252. The predicted octanol–water partition coefficient (Wildman–Crippen LogP) is 5.33. The van der Waals surface area contributed by atoms with Gasteiger partial charge in [-0.25, -0.2) is 23.8 Å². The van der Waals surface area contributed by atoms with E-state index >= 15 is 0 Å². The molecule has 4 N–H and O–H groups in total. The molecule has 0 bridgehead atoms. The van der Waals surface area contributed by atoms with Gasteiger partial charge in [0.25, 0.3) is 0 Å². The molecule has 5 rings (SSSR count). The van der Waals surface area contributed by atoms with Crippen LogP contribution in [-0.4, -0.2) is 30.8 Å². The lowest BCUT2D eigenvalue weighted by atomic mass is 9.92. The van der Waals surface area contributed by atoms with E-state index in [1.165, 1.54) is 30.7 Å². The van der Waals surface area contributed by atoms with Gasteiger partial charge in [-0.2, -0.15) is 5.10 Å². The highest BCUT2D eigenvalue weighted by Crippen LogP contribution is 2.27. The van der Waals surface area contributed by atoms with Crippen molar-refractivity contribution in [3.63, 3.8) is 0 Å². The van der Waals surface area contributed by atoms with Crippen molar-refractivity contribution in [2.75, 3.05) is 16.0 Å². The lowest BCUT2D eigenvalue weighted by Crippen LogP contribution is -2.21. The largest absolute Gasteiger partial charge is 0.346 e. The van der Waals surface area contributed by atoms with Gasteiger partial charge in [0.1, 0.15) is 34.8 Å². The summed E-state index contributed by atoms with van der Waals surface area (Å²) < 4.78 is 15.0. The summed E-state index contributed by atoms with van der Waals surface area (Å²) in [5.41, 5.74) is 2.56. The Kier molecular flexibility index (Phi) is 6.33. The predicted molar refractivity (Wildman–Crippen MR) is 145 cm³/mol. The molecule has 0 aliphatic carbocycles. The average Bonchev–Trinajstić information content (AvgIpc) is 3.30. The fourth-order valence-electron chi connectivity index (χ4n) is 3.77. The van der Waals surface area contributed by atoms with Crippen molar-refractivity contribution < 1.29 is 9.18 Å². The summed E-state index contributed by atoms with van der Waals surface area (Å²) in [5.74, 6) is 0.457. The Bertz CT molecular complexity index is 1660. The zero-order valence-corrected chi connectivity index (χ0v) is 20.9. The molecule has 3 heterocycles. The Hall–Kier alpha value is -5.06. The number of hydrogen-bond donors (Lipinski definition) is 4. The normalized spacial score (nSPS) is 11.4. The highest BCUT2D eigenvalue weighted by atomic mass is 19.1. The molecule has 5 aromatic rings. The van der Waals surface area contributed by atoms with Crippen LogP contribution in [0.3, 0.4) is 0 Å². The summed E-state index contributed by atoms with van der Waals surface area (Å²) in [6, 6.07) is 15.5. The SMILES string of the molecule is CC(C)(C)c1cc(NC(=O)Nc2ccc(Nc3ncnc4[nH]ccc(=O)c34)cc2)n(-c2ccc(F)cc2)n1. The first-order chi connectivity index (χ1) is 18.2. The first kappa shape index (κ1) is 24.6.